The van der Waals surface area contributed by atoms with Gasteiger partial charge in [-0.1, -0.05) is 6.42 Å². The van der Waals surface area contributed by atoms with E-state index in [2.05, 4.69) is 44.2 Å². The van der Waals surface area contributed by atoms with Gasteiger partial charge < -0.3 is 5.11 Å². The zero-order chi connectivity index (χ0) is 17.0. The van der Waals surface area contributed by atoms with E-state index in [-0.39, 0.29) is 5.54 Å². The summed E-state index contributed by atoms with van der Waals surface area (Å²) in [7, 11) is 0. The summed E-state index contributed by atoms with van der Waals surface area (Å²) in [6.07, 6.45) is 2.95. The lowest BCUT2D eigenvalue weighted by atomic mass is 9.81. The number of hydrogen-bond donors (Lipinski definition) is 1. The molecule has 1 saturated heterocycles. The number of rotatable bonds is 3. The number of fused-ring (bicyclic) bond motifs is 1. The van der Waals surface area contributed by atoms with Crippen LogP contribution in [0.5, 0.6) is 0 Å². The Bertz CT molecular complexity index is 629. The number of carboxylic acids is 1. The van der Waals surface area contributed by atoms with E-state index in [1.54, 1.807) is 0 Å². The Labute approximate surface area is 138 Å². The van der Waals surface area contributed by atoms with Crippen molar-refractivity contribution in [1.82, 2.24) is 14.7 Å². The van der Waals surface area contributed by atoms with E-state index in [0.29, 0.717) is 12.5 Å². The second-order valence-electron chi connectivity index (χ2n) is 8.45. The Morgan fingerprint density at radius 2 is 2.09 bits per heavy atom. The van der Waals surface area contributed by atoms with Gasteiger partial charge in [-0.3, -0.25) is 14.4 Å². The Kier molecular flexibility index (Phi) is 3.82. The number of aryl methyl sites for hydroxylation is 1. The van der Waals surface area contributed by atoms with Crippen LogP contribution in [0, 0.1) is 25.2 Å². The molecule has 3 rings (SSSR count). The third-order valence-electron chi connectivity index (χ3n) is 5.83. The first-order chi connectivity index (χ1) is 10.6. The molecular weight excluding hydrogens is 290 g/mol. The molecule has 1 aromatic rings. The largest absolute Gasteiger partial charge is 0.481 e. The molecular formula is C18H29N3O2. The number of likely N-dealkylation sites (tertiary alicyclic amines) is 1. The zero-order valence-electron chi connectivity index (χ0n) is 15.0. The monoisotopic (exact) mass is 319 g/mol. The molecule has 1 aliphatic heterocycles. The van der Waals surface area contributed by atoms with Gasteiger partial charge in [0.1, 0.15) is 0 Å². The molecule has 0 radical (unpaired) electrons. The molecule has 1 aliphatic carbocycles. The van der Waals surface area contributed by atoms with E-state index < -0.39 is 11.4 Å². The van der Waals surface area contributed by atoms with Gasteiger partial charge in [0.05, 0.1) is 16.6 Å². The topological polar surface area (TPSA) is 58.4 Å². The predicted octanol–water partition coefficient (Wildman–Crippen LogP) is 2.94. The average Bonchev–Trinajstić information content (AvgIpc) is 3.04. The molecule has 2 fully saturated rings. The van der Waals surface area contributed by atoms with Gasteiger partial charge in [-0.25, -0.2) is 0 Å². The van der Waals surface area contributed by atoms with Crippen LogP contribution >= 0.6 is 0 Å². The van der Waals surface area contributed by atoms with E-state index in [0.717, 1.165) is 38.0 Å². The standard InChI is InChI=1S/C18H29N3O2/c1-12-15(13(2)21(19-12)17(3,4)5)10-20-9-14-7-6-8-18(14,11-20)16(22)23/h14H,6-11H2,1-5H3,(H,22,23)/t14-,18+/m0/s1. The van der Waals surface area contributed by atoms with Crippen molar-refractivity contribution in [1.29, 1.82) is 0 Å². The van der Waals surface area contributed by atoms with Gasteiger partial charge in [-0.15, -0.1) is 0 Å². The van der Waals surface area contributed by atoms with Crippen molar-refractivity contribution >= 4 is 5.97 Å². The average molecular weight is 319 g/mol. The molecule has 0 unspecified atom stereocenters. The van der Waals surface area contributed by atoms with Gasteiger partial charge in [0, 0.05) is 30.9 Å². The number of aliphatic carboxylic acids is 1. The maximum absolute atomic E-state index is 11.8. The third kappa shape index (κ3) is 2.59. The van der Waals surface area contributed by atoms with E-state index in [4.69, 9.17) is 5.10 Å². The third-order valence-corrected chi connectivity index (χ3v) is 5.83. The highest BCUT2D eigenvalue weighted by Crippen LogP contribution is 2.49. The normalized spacial score (nSPS) is 28.3. The van der Waals surface area contributed by atoms with Crippen LogP contribution < -0.4 is 0 Å². The Balaban J connectivity index is 1.82. The van der Waals surface area contributed by atoms with Crippen molar-refractivity contribution in [2.24, 2.45) is 11.3 Å². The van der Waals surface area contributed by atoms with Crippen LogP contribution in [-0.2, 0) is 16.9 Å². The number of carbonyl (C=O) groups is 1. The van der Waals surface area contributed by atoms with E-state index in [9.17, 15) is 9.90 Å². The van der Waals surface area contributed by atoms with Gasteiger partial charge in [0.15, 0.2) is 0 Å². The highest BCUT2D eigenvalue weighted by molar-refractivity contribution is 5.76. The molecule has 23 heavy (non-hydrogen) atoms. The number of hydrogen-bond acceptors (Lipinski definition) is 3. The van der Waals surface area contributed by atoms with E-state index in [1.807, 2.05) is 0 Å². The van der Waals surface area contributed by atoms with Crippen LogP contribution in [0.4, 0.5) is 0 Å². The lowest BCUT2D eigenvalue weighted by Crippen LogP contribution is -2.35. The van der Waals surface area contributed by atoms with Gasteiger partial charge in [0.25, 0.3) is 0 Å². The molecule has 0 bridgehead atoms. The molecule has 2 heterocycles. The summed E-state index contributed by atoms with van der Waals surface area (Å²) < 4.78 is 2.10. The highest BCUT2D eigenvalue weighted by Gasteiger charge is 2.54. The summed E-state index contributed by atoms with van der Waals surface area (Å²) in [4.78, 5) is 14.2. The molecule has 2 aliphatic rings. The fourth-order valence-electron chi connectivity index (χ4n) is 4.64. The summed E-state index contributed by atoms with van der Waals surface area (Å²) in [5, 5.41) is 14.5. The van der Waals surface area contributed by atoms with Crippen LogP contribution in [0.25, 0.3) is 0 Å². The molecule has 0 aromatic carbocycles. The minimum absolute atomic E-state index is 0.0309. The predicted molar refractivity (Wildman–Crippen MR) is 89.4 cm³/mol. The molecule has 1 aromatic heterocycles. The Hall–Kier alpha value is -1.36. The quantitative estimate of drug-likeness (QED) is 0.930. The van der Waals surface area contributed by atoms with Gasteiger partial charge in [0.2, 0.25) is 0 Å². The van der Waals surface area contributed by atoms with Crippen LogP contribution in [0.2, 0.25) is 0 Å². The molecule has 5 heteroatoms. The maximum atomic E-state index is 11.8. The molecule has 0 spiro atoms. The van der Waals surface area contributed by atoms with E-state index >= 15 is 0 Å². The molecule has 128 valence electrons. The fraction of sp³-hybridized carbons (Fsp3) is 0.778. The summed E-state index contributed by atoms with van der Waals surface area (Å²) in [6.45, 7) is 13.1. The minimum atomic E-state index is -0.596. The van der Waals surface area contributed by atoms with Crippen molar-refractivity contribution in [2.45, 2.75) is 66.0 Å². The van der Waals surface area contributed by atoms with Crippen molar-refractivity contribution in [3.8, 4) is 0 Å². The summed E-state index contributed by atoms with van der Waals surface area (Å²) >= 11 is 0. The summed E-state index contributed by atoms with van der Waals surface area (Å²) in [6, 6.07) is 0. The van der Waals surface area contributed by atoms with Crippen molar-refractivity contribution in [3.05, 3.63) is 17.0 Å². The molecule has 5 nitrogen and oxygen atoms in total. The number of carboxylic acid groups (broad SMARTS) is 1. The first-order valence-corrected chi connectivity index (χ1v) is 8.66. The summed E-state index contributed by atoms with van der Waals surface area (Å²) in [5.74, 6) is -0.278. The van der Waals surface area contributed by atoms with E-state index in [1.165, 1.54) is 11.3 Å². The van der Waals surface area contributed by atoms with Crippen molar-refractivity contribution in [2.75, 3.05) is 13.1 Å². The molecule has 0 amide bonds. The summed E-state index contributed by atoms with van der Waals surface area (Å²) in [5.41, 5.74) is 3.01. The zero-order valence-corrected chi connectivity index (χ0v) is 15.0. The highest BCUT2D eigenvalue weighted by atomic mass is 16.4. The molecule has 1 saturated carbocycles. The molecule has 2 atom stereocenters. The SMILES string of the molecule is Cc1nn(C(C)(C)C)c(C)c1CN1C[C@@H]2CCC[C@@]2(C(=O)O)C1. The second kappa shape index (κ2) is 5.33. The van der Waals surface area contributed by atoms with Gasteiger partial charge >= 0.3 is 5.97 Å². The van der Waals surface area contributed by atoms with Crippen molar-refractivity contribution in [3.63, 3.8) is 0 Å². The first kappa shape index (κ1) is 16.5. The number of aromatic nitrogens is 2. The maximum Gasteiger partial charge on any atom is 0.311 e. The molecule has 1 N–H and O–H groups in total. The van der Waals surface area contributed by atoms with Crippen LogP contribution in [0.15, 0.2) is 0 Å². The second-order valence-corrected chi connectivity index (χ2v) is 8.45. The number of nitrogens with zero attached hydrogens (tertiary/aromatic N) is 3. The Morgan fingerprint density at radius 1 is 1.39 bits per heavy atom. The van der Waals surface area contributed by atoms with Crippen LogP contribution in [-0.4, -0.2) is 38.8 Å². The lowest BCUT2D eigenvalue weighted by Gasteiger charge is -2.24. The Morgan fingerprint density at radius 3 is 2.61 bits per heavy atom. The van der Waals surface area contributed by atoms with Gasteiger partial charge in [-0.05, 0) is 53.4 Å². The fourth-order valence-corrected chi connectivity index (χ4v) is 4.64. The first-order valence-electron chi connectivity index (χ1n) is 8.66. The smallest absolute Gasteiger partial charge is 0.311 e. The van der Waals surface area contributed by atoms with Gasteiger partial charge in [-0.2, -0.15) is 5.10 Å². The van der Waals surface area contributed by atoms with Crippen molar-refractivity contribution < 1.29 is 9.90 Å². The lowest BCUT2D eigenvalue weighted by molar-refractivity contribution is -0.149. The minimum Gasteiger partial charge on any atom is -0.481 e. The van der Waals surface area contributed by atoms with Crippen LogP contribution in [0.3, 0.4) is 0 Å². The van der Waals surface area contributed by atoms with Crippen LogP contribution in [0.1, 0.15) is 57.0 Å².